The second-order valence-electron chi connectivity index (χ2n) is 8.58. The molecule has 4 rings (SSSR count). The van der Waals surface area contributed by atoms with Gasteiger partial charge in [0.2, 0.25) is 11.8 Å². The van der Waals surface area contributed by atoms with Crippen LogP contribution in [0, 0.1) is 0 Å². The van der Waals surface area contributed by atoms with Gasteiger partial charge in [0.25, 0.3) is 0 Å². The van der Waals surface area contributed by atoms with Crippen molar-refractivity contribution in [1.29, 1.82) is 0 Å². The summed E-state index contributed by atoms with van der Waals surface area (Å²) in [5, 5.41) is 7.92. The number of carbonyl (C=O) groups is 2. The van der Waals surface area contributed by atoms with Crippen molar-refractivity contribution in [1.82, 2.24) is 15.2 Å². The average molecular weight is 519 g/mol. The first kappa shape index (κ1) is 24.9. The summed E-state index contributed by atoms with van der Waals surface area (Å²) in [6.07, 6.45) is 10.3. The third-order valence-electron chi connectivity index (χ3n) is 6.11. The van der Waals surface area contributed by atoms with E-state index in [0.29, 0.717) is 21.7 Å². The number of nitrogens with zero attached hydrogens (tertiary/aromatic N) is 2. The number of likely N-dealkylation sites (tertiary alicyclic amines) is 1. The van der Waals surface area contributed by atoms with Gasteiger partial charge in [-0.05, 0) is 44.7 Å². The summed E-state index contributed by atoms with van der Waals surface area (Å²) in [5.41, 5.74) is 1.73. The maximum absolute atomic E-state index is 13.2. The van der Waals surface area contributed by atoms with Crippen molar-refractivity contribution in [3.8, 4) is 0 Å². The average Bonchev–Trinajstić information content (AvgIpc) is 3.42. The Morgan fingerprint density at radius 1 is 1.24 bits per heavy atom. The fourth-order valence-electron chi connectivity index (χ4n) is 4.43. The van der Waals surface area contributed by atoms with E-state index in [9.17, 15) is 9.59 Å². The molecule has 2 aliphatic rings. The first-order chi connectivity index (χ1) is 16.4. The van der Waals surface area contributed by atoms with Crippen LogP contribution in [-0.2, 0) is 22.6 Å². The lowest BCUT2D eigenvalue weighted by molar-refractivity contribution is -0.123. The molecule has 1 fully saturated rings. The molecule has 2 amide bonds. The minimum Gasteiger partial charge on any atom is -0.351 e. The van der Waals surface area contributed by atoms with E-state index in [4.69, 9.17) is 23.2 Å². The molecule has 1 aliphatic heterocycles. The molecular formula is C25H28Cl2N4O2S. The Balaban J connectivity index is 1.35. The summed E-state index contributed by atoms with van der Waals surface area (Å²) in [5.74, 6) is -0.495. The molecule has 2 atom stereocenters. The highest BCUT2D eigenvalue weighted by Crippen LogP contribution is 2.37. The molecule has 0 bridgehead atoms. The number of aromatic nitrogens is 1. The van der Waals surface area contributed by atoms with Gasteiger partial charge in [-0.2, -0.15) is 0 Å². The van der Waals surface area contributed by atoms with Crippen LogP contribution in [0.5, 0.6) is 0 Å². The number of hydrogen-bond acceptors (Lipinski definition) is 5. The first-order valence-electron chi connectivity index (χ1n) is 11.5. The second-order valence-corrected chi connectivity index (χ2v) is 10.5. The Labute approximate surface area is 214 Å². The normalized spacial score (nSPS) is 20.7. The second kappa shape index (κ2) is 11.5. The largest absolute Gasteiger partial charge is 0.351 e. The van der Waals surface area contributed by atoms with Crippen LogP contribution in [0.15, 0.2) is 42.5 Å². The number of amides is 2. The van der Waals surface area contributed by atoms with E-state index in [1.54, 1.807) is 12.2 Å². The smallest absolute Gasteiger partial charge is 0.250 e. The van der Waals surface area contributed by atoms with E-state index in [0.717, 1.165) is 54.9 Å². The lowest BCUT2D eigenvalue weighted by Gasteiger charge is -2.23. The van der Waals surface area contributed by atoms with Gasteiger partial charge in [-0.25, -0.2) is 4.98 Å². The number of anilines is 1. The van der Waals surface area contributed by atoms with Crippen molar-refractivity contribution in [2.45, 2.75) is 51.1 Å². The van der Waals surface area contributed by atoms with Crippen molar-refractivity contribution in [3.05, 3.63) is 68.7 Å². The number of fused-ring (bicyclic) bond motifs is 1. The Hall–Kier alpha value is -2.19. The standard InChI is InChI=1S/C25H28Cl2N4O2S/c1-2-3-4-11-22(32)29-25-30-23-17(7-5-10-21(23)34-25)24(33)28-16-12-13-31(14-16)15-18-19(26)8-6-9-20(18)27/h2-4,6,8-9,11,16-17H,5,7,10,12-15H2,1H3,(H,28,33)(H,29,30,32)/b3-2+,11-4+. The van der Waals surface area contributed by atoms with Crippen LogP contribution in [-0.4, -0.2) is 40.8 Å². The maximum Gasteiger partial charge on any atom is 0.250 e. The molecule has 1 aromatic heterocycles. The molecular weight excluding hydrogens is 491 g/mol. The number of halogens is 2. The molecule has 180 valence electrons. The molecule has 2 aromatic rings. The molecule has 1 aromatic carbocycles. The van der Waals surface area contributed by atoms with E-state index in [2.05, 4.69) is 20.5 Å². The van der Waals surface area contributed by atoms with Crippen molar-refractivity contribution >= 4 is 51.5 Å². The number of carbonyl (C=O) groups excluding carboxylic acids is 2. The van der Waals surface area contributed by atoms with Crippen molar-refractivity contribution in [3.63, 3.8) is 0 Å². The van der Waals surface area contributed by atoms with Gasteiger partial charge in [0.05, 0.1) is 11.6 Å². The van der Waals surface area contributed by atoms with Crippen LogP contribution in [0.25, 0.3) is 0 Å². The van der Waals surface area contributed by atoms with Crippen LogP contribution in [0.1, 0.15) is 48.2 Å². The van der Waals surface area contributed by atoms with E-state index in [1.807, 2.05) is 31.2 Å². The van der Waals surface area contributed by atoms with E-state index in [-0.39, 0.29) is 23.8 Å². The molecule has 0 spiro atoms. The van der Waals surface area contributed by atoms with Crippen LogP contribution >= 0.6 is 34.5 Å². The maximum atomic E-state index is 13.2. The predicted molar refractivity (Wildman–Crippen MR) is 139 cm³/mol. The van der Waals surface area contributed by atoms with Crippen LogP contribution in [0.4, 0.5) is 5.13 Å². The number of rotatable bonds is 7. The fraction of sp³-hybridized carbons (Fsp3) is 0.400. The molecule has 9 heteroatoms. The zero-order chi connectivity index (χ0) is 24.1. The Morgan fingerprint density at radius 2 is 2.03 bits per heavy atom. The SMILES string of the molecule is C/C=C/C=C/C(=O)Nc1nc2c(s1)CCCC2C(=O)NC1CCN(Cc2c(Cl)cccc2Cl)C1. The molecule has 0 radical (unpaired) electrons. The molecule has 2 heterocycles. The van der Waals surface area contributed by atoms with E-state index < -0.39 is 0 Å². The lowest BCUT2D eigenvalue weighted by Crippen LogP contribution is -2.40. The minimum atomic E-state index is -0.281. The first-order valence-corrected chi connectivity index (χ1v) is 13.1. The van der Waals surface area contributed by atoms with Gasteiger partial charge < -0.3 is 5.32 Å². The molecule has 6 nitrogen and oxygen atoms in total. The monoisotopic (exact) mass is 518 g/mol. The number of nitrogens with one attached hydrogen (secondary N) is 2. The van der Waals surface area contributed by atoms with Gasteiger partial charge in [0, 0.05) is 52.2 Å². The van der Waals surface area contributed by atoms with Gasteiger partial charge >= 0.3 is 0 Å². The van der Waals surface area contributed by atoms with Crippen LogP contribution in [0.3, 0.4) is 0 Å². The van der Waals surface area contributed by atoms with E-state index >= 15 is 0 Å². The molecule has 2 unspecified atom stereocenters. The van der Waals surface area contributed by atoms with Crippen LogP contribution < -0.4 is 10.6 Å². The third kappa shape index (κ3) is 6.08. The quantitative estimate of drug-likeness (QED) is 0.383. The summed E-state index contributed by atoms with van der Waals surface area (Å²) in [4.78, 5) is 33.2. The highest BCUT2D eigenvalue weighted by molar-refractivity contribution is 7.15. The summed E-state index contributed by atoms with van der Waals surface area (Å²) < 4.78 is 0. The molecule has 1 aliphatic carbocycles. The van der Waals surface area contributed by atoms with Crippen molar-refractivity contribution in [2.75, 3.05) is 18.4 Å². The number of hydrogen-bond donors (Lipinski definition) is 2. The summed E-state index contributed by atoms with van der Waals surface area (Å²) in [6, 6.07) is 5.62. The topological polar surface area (TPSA) is 74.3 Å². The number of aryl methyl sites for hydroxylation is 1. The van der Waals surface area contributed by atoms with Crippen LogP contribution in [0.2, 0.25) is 10.0 Å². The van der Waals surface area contributed by atoms with E-state index in [1.165, 1.54) is 17.4 Å². The summed E-state index contributed by atoms with van der Waals surface area (Å²) >= 11 is 14.1. The number of thiazole rings is 1. The Bertz CT molecular complexity index is 1090. The summed E-state index contributed by atoms with van der Waals surface area (Å²) in [6.45, 7) is 4.18. The zero-order valence-electron chi connectivity index (χ0n) is 19.0. The van der Waals surface area contributed by atoms with Gasteiger partial charge in [0.1, 0.15) is 0 Å². The number of allylic oxidation sites excluding steroid dienone is 3. The van der Waals surface area contributed by atoms with Crippen molar-refractivity contribution < 1.29 is 9.59 Å². The molecule has 34 heavy (non-hydrogen) atoms. The third-order valence-corrected chi connectivity index (χ3v) is 7.87. The molecule has 1 saturated heterocycles. The van der Waals surface area contributed by atoms with Gasteiger partial charge in [0.15, 0.2) is 5.13 Å². The summed E-state index contributed by atoms with van der Waals surface area (Å²) in [7, 11) is 0. The Kier molecular flexibility index (Phi) is 8.42. The highest BCUT2D eigenvalue weighted by Gasteiger charge is 2.33. The van der Waals surface area contributed by atoms with Gasteiger partial charge in [-0.1, -0.05) is 47.5 Å². The minimum absolute atomic E-state index is 0.0136. The van der Waals surface area contributed by atoms with Crippen molar-refractivity contribution in [2.24, 2.45) is 0 Å². The lowest BCUT2D eigenvalue weighted by atomic mass is 9.90. The number of benzene rings is 1. The fourth-order valence-corrected chi connectivity index (χ4v) is 6.02. The highest BCUT2D eigenvalue weighted by atomic mass is 35.5. The molecule has 0 saturated carbocycles. The predicted octanol–water partition coefficient (Wildman–Crippen LogP) is 5.33. The zero-order valence-corrected chi connectivity index (χ0v) is 21.3. The van der Waals surface area contributed by atoms with Gasteiger partial charge in [-0.3, -0.25) is 19.8 Å². The Morgan fingerprint density at radius 3 is 2.79 bits per heavy atom. The molecule has 2 N–H and O–H groups in total. The van der Waals surface area contributed by atoms with Gasteiger partial charge in [-0.15, -0.1) is 11.3 Å².